The number of thiazole rings is 1. The Labute approximate surface area is 147 Å². The maximum atomic E-state index is 12.4. The minimum atomic E-state index is -3.21. The number of rotatable bonds is 4. The first-order valence-electron chi connectivity index (χ1n) is 7.78. The van der Waals surface area contributed by atoms with Crippen LogP contribution in [0.2, 0.25) is 0 Å². The summed E-state index contributed by atoms with van der Waals surface area (Å²) >= 11 is 1.26. The van der Waals surface area contributed by atoms with Crippen molar-refractivity contribution in [2.45, 2.75) is 31.1 Å². The molecule has 0 aromatic carbocycles. The van der Waals surface area contributed by atoms with E-state index in [1.165, 1.54) is 27.8 Å². The second kappa shape index (κ2) is 6.00. The molecule has 2 aromatic heterocycles. The monoisotopic (exact) mass is 381 g/mol. The highest BCUT2D eigenvalue weighted by Crippen LogP contribution is 2.35. The van der Waals surface area contributed by atoms with Gasteiger partial charge in [-0.05, 0) is 18.9 Å². The van der Waals surface area contributed by atoms with Crippen molar-refractivity contribution in [2.75, 3.05) is 11.9 Å². The lowest BCUT2D eigenvalue weighted by Crippen LogP contribution is -2.37. The lowest BCUT2D eigenvalue weighted by atomic mass is 10.2. The second-order valence-electron chi connectivity index (χ2n) is 5.98. The summed E-state index contributed by atoms with van der Waals surface area (Å²) in [4.78, 5) is 28.3. The zero-order chi connectivity index (χ0) is 17.6. The summed E-state index contributed by atoms with van der Waals surface area (Å²) in [6.07, 6.45) is 2.01. The molecule has 2 aromatic rings. The van der Waals surface area contributed by atoms with Crippen molar-refractivity contribution in [3.8, 4) is 0 Å². The van der Waals surface area contributed by atoms with Crippen molar-refractivity contribution in [3.05, 3.63) is 38.8 Å². The number of hydrogen-bond donors (Lipinski definition) is 2. The van der Waals surface area contributed by atoms with E-state index in [1.54, 1.807) is 0 Å². The van der Waals surface area contributed by atoms with Gasteiger partial charge in [-0.1, -0.05) is 0 Å². The average Bonchev–Trinajstić information content (AvgIpc) is 3.36. The Morgan fingerprint density at radius 1 is 1.36 bits per heavy atom. The Morgan fingerprint density at radius 3 is 2.84 bits per heavy atom. The maximum Gasteiger partial charge on any atom is 0.277 e. The van der Waals surface area contributed by atoms with Crippen molar-refractivity contribution >= 4 is 32.4 Å². The Morgan fingerprint density at radius 2 is 2.16 bits per heavy atom. The van der Waals surface area contributed by atoms with Crippen LogP contribution in [-0.2, 0) is 23.0 Å². The minimum absolute atomic E-state index is 0.0747. The number of aromatic nitrogens is 3. The van der Waals surface area contributed by atoms with Crippen LogP contribution in [0.5, 0.6) is 0 Å². The predicted molar refractivity (Wildman–Crippen MR) is 91.0 cm³/mol. The van der Waals surface area contributed by atoms with Crippen molar-refractivity contribution in [2.24, 2.45) is 0 Å². The lowest BCUT2D eigenvalue weighted by molar-refractivity contribution is 0.102. The molecule has 0 atom stereocenters. The summed E-state index contributed by atoms with van der Waals surface area (Å²) in [5.74, 6) is -0.482. The lowest BCUT2D eigenvalue weighted by Gasteiger charge is -2.25. The molecule has 9 nitrogen and oxygen atoms in total. The number of carbonyl (C=O) groups is 1. The van der Waals surface area contributed by atoms with Gasteiger partial charge >= 0.3 is 0 Å². The number of carbonyl (C=O) groups excluding carboxylic acids is 1. The third-order valence-corrected chi connectivity index (χ3v) is 7.48. The molecule has 1 amide bonds. The first kappa shape index (κ1) is 16.4. The molecule has 1 saturated carbocycles. The molecular formula is C14H15N5O4S2. The van der Waals surface area contributed by atoms with Gasteiger partial charge < -0.3 is 0 Å². The van der Waals surface area contributed by atoms with E-state index in [0.717, 1.165) is 23.4 Å². The first-order valence-corrected chi connectivity index (χ1v) is 10.1. The van der Waals surface area contributed by atoms with E-state index in [4.69, 9.17) is 0 Å². The average molecular weight is 381 g/mol. The summed E-state index contributed by atoms with van der Waals surface area (Å²) in [5.41, 5.74) is 0.501. The SMILES string of the molecule is O=C(Nc1nc2c(s1)CN(S(=O)(=O)C1CC1)CC2)c1ccc(=O)[nH]n1. The van der Waals surface area contributed by atoms with E-state index >= 15 is 0 Å². The molecule has 2 aliphatic rings. The summed E-state index contributed by atoms with van der Waals surface area (Å²) < 4.78 is 26.2. The van der Waals surface area contributed by atoms with Crippen LogP contribution in [0.4, 0.5) is 5.13 Å². The molecule has 1 fully saturated rings. The Balaban J connectivity index is 1.49. The highest BCUT2D eigenvalue weighted by atomic mass is 32.2. The Bertz CT molecular complexity index is 972. The smallest absolute Gasteiger partial charge is 0.277 e. The predicted octanol–water partition coefficient (Wildman–Crippen LogP) is 0.329. The van der Waals surface area contributed by atoms with Gasteiger partial charge in [0.05, 0.1) is 10.9 Å². The topological polar surface area (TPSA) is 125 Å². The number of aromatic amines is 1. The third-order valence-electron chi connectivity index (χ3n) is 4.13. The number of fused-ring (bicyclic) bond motifs is 1. The molecular weight excluding hydrogens is 366 g/mol. The number of nitrogens with one attached hydrogen (secondary N) is 2. The van der Waals surface area contributed by atoms with Crippen LogP contribution in [-0.4, -0.2) is 45.6 Å². The fourth-order valence-corrected chi connectivity index (χ4v) is 5.56. The molecule has 25 heavy (non-hydrogen) atoms. The normalized spacial score (nSPS) is 17.9. The number of H-pyrrole nitrogens is 1. The van der Waals surface area contributed by atoms with Crippen molar-refractivity contribution in [3.63, 3.8) is 0 Å². The molecule has 132 valence electrons. The van der Waals surface area contributed by atoms with E-state index in [1.807, 2.05) is 0 Å². The molecule has 0 radical (unpaired) electrons. The number of sulfonamides is 1. The number of nitrogens with zero attached hydrogens (tertiary/aromatic N) is 3. The van der Waals surface area contributed by atoms with Gasteiger partial charge in [0.1, 0.15) is 5.69 Å². The van der Waals surface area contributed by atoms with E-state index < -0.39 is 21.5 Å². The zero-order valence-corrected chi connectivity index (χ0v) is 14.7. The van der Waals surface area contributed by atoms with Crippen LogP contribution in [0, 0.1) is 0 Å². The Kier molecular flexibility index (Phi) is 3.93. The molecule has 11 heteroatoms. The molecule has 3 heterocycles. The standard InChI is InChI=1S/C14H15N5O4S2/c20-12-4-3-10(17-18-12)13(21)16-14-15-9-5-6-19(7-11(9)24-14)25(22,23)8-1-2-8/h3-4,8H,1-2,5-7H2,(H,18,20)(H,15,16,21). The Hall–Kier alpha value is -2.11. The molecule has 4 rings (SSSR count). The minimum Gasteiger partial charge on any atom is -0.296 e. The molecule has 0 saturated heterocycles. The van der Waals surface area contributed by atoms with Gasteiger partial charge in [0.2, 0.25) is 10.0 Å². The van der Waals surface area contributed by atoms with Crippen LogP contribution in [0.3, 0.4) is 0 Å². The summed E-state index contributed by atoms with van der Waals surface area (Å²) in [6.45, 7) is 0.725. The van der Waals surface area contributed by atoms with Crippen LogP contribution in [0.1, 0.15) is 33.9 Å². The molecule has 0 unspecified atom stereocenters. The highest BCUT2D eigenvalue weighted by Gasteiger charge is 2.41. The van der Waals surface area contributed by atoms with Gasteiger partial charge in [0.25, 0.3) is 11.5 Å². The molecule has 1 aliphatic heterocycles. The number of amides is 1. The van der Waals surface area contributed by atoms with Crippen molar-refractivity contribution in [1.82, 2.24) is 19.5 Å². The van der Waals surface area contributed by atoms with Crippen LogP contribution in [0.25, 0.3) is 0 Å². The number of anilines is 1. The van der Waals surface area contributed by atoms with E-state index in [2.05, 4.69) is 20.5 Å². The second-order valence-corrected chi connectivity index (χ2v) is 9.27. The van der Waals surface area contributed by atoms with Crippen LogP contribution in [0.15, 0.2) is 16.9 Å². The van der Waals surface area contributed by atoms with Crippen molar-refractivity contribution in [1.29, 1.82) is 0 Å². The van der Waals surface area contributed by atoms with Crippen molar-refractivity contribution < 1.29 is 13.2 Å². The van der Waals surface area contributed by atoms with E-state index in [-0.39, 0.29) is 10.9 Å². The van der Waals surface area contributed by atoms with E-state index in [9.17, 15) is 18.0 Å². The maximum absolute atomic E-state index is 12.4. The highest BCUT2D eigenvalue weighted by molar-refractivity contribution is 7.90. The van der Waals surface area contributed by atoms with Gasteiger partial charge in [-0.15, -0.1) is 11.3 Å². The first-order chi connectivity index (χ1) is 11.9. The quantitative estimate of drug-likeness (QED) is 0.786. The molecule has 0 bridgehead atoms. The van der Waals surface area contributed by atoms with E-state index in [0.29, 0.717) is 24.6 Å². The van der Waals surface area contributed by atoms with Gasteiger partial charge in [-0.25, -0.2) is 18.5 Å². The van der Waals surface area contributed by atoms with Gasteiger partial charge in [0.15, 0.2) is 5.13 Å². The fraction of sp³-hybridized carbons (Fsp3) is 0.429. The van der Waals surface area contributed by atoms with Gasteiger partial charge in [0, 0.05) is 30.5 Å². The molecule has 0 spiro atoms. The summed E-state index contributed by atoms with van der Waals surface area (Å²) in [5, 5.41) is 8.67. The number of hydrogen-bond acceptors (Lipinski definition) is 7. The van der Waals surface area contributed by atoms with Gasteiger partial charge in [-0.2, -0.15) is 9.40 Å². The molecule has 2 N–H and O–H groups in total. The van der Waals surface area contributed by atoms with Crippen LogP contribution >= 0.6 is 11.3 Å². The zero-order valence-electron chi connectivity index (χ0n) is 13.1. The third kappa shape index (κ3) is 3.22. The largest absolute Gasteiger partial charge is 0.296 e. The summed E-state index contributed by atoms with van der Waals surface area (Å²) in [6, 6.07) is 2.54. The van der Waals surface area contributed by atoms with Crippen LogP contribution < -0.4 is 10.9 Å². The van der Waals surface area contributed by atoms with Gasteiger partial charge in [-0.3, -0.25) is 14.9 Å². The molecule has 1 aliphatic carbocycles. The fourth-order valence-electron chi connectivity index (χ4n) is 2.65. The summed E-state index contributed by atoms with van der Waals surface area (Å²) in [7, 11) is -3.21.